The van der Waals surface area contributed by atoms with Crippen LogP contribution in [-0.2, 0) is 21.2 Å². The van der Waals surface area contributed by atoms with Gasteiger partial charge < -0.3 is 19.5 Å². The lowest BCUT2D eigenvalue weighted by molar-refractivity contribution is 0.0730. The van der Waals surface area contributed by atoms with Crippen molar-refractivity contribution in [1.82, 2.24) is 4.31 Å². The van der Waals surface area contributed by atoms with Gasteiger partial charge in [-0.05, 0) is 24.1 Å². The van der Waals surface area contributed by atoms with Gasteiger partial charge in [0.1, 0.15) is 0 Å². The number of carbonyl (C=O) groups excluding carboxylic acids is 1. The second kappa shape index (κ2) is 9.86. The van der Waals surface area contributed by atoms with Gasteiger partial charge in [0.2, 0.25) is 10.0 Å². The van der Waals surface area contributed by atoms with Crippen molar-refractivity contribution in [2.24, 2.45) is 0 Å². The van der Waals surface area contributed by atoms with Crippen LogP contribution in [0.4, 0.5) is 5.69 Å². The molecule has 2 aromatic carbocycles. The van der Waals surface area contributed by atoms with E-state index in [-0.39, 0.29) is 28.6 Å². The second-order valence-electron chi connectivity index (χ2n) is 6.83. The van der Waals surface area contributed by atoms with Crippen LogP contribution in [0.3, 0.4) is 0 Å². The Balaban J connectivity index is 1.93. The Morgan fingerprint density at radius 1 is 1.13 bits per heavy atom. The van der Waals surface area contributed by atoms with E-state index >= 15 is 0 Å². The summed E-state index contributed by atoms with van der Waals surface area (Å²) in [4.78, 5) is 13.0. The van der Waals surface area contributed by atoms with Gasteiger partial charge in [-0.3, -0.25) is 4.79 Å². The summed E-state index contributed by atoms with van der Waals surface area (Å²) in [5.41, 5.74) is 1.17. The monoisotopic (exact) mass is 468 g/mol. The molecule has 3 rings (SSSR count). The summed E-state index contributed by atoms with van der Waals surface area (Å²) in [6.45, 7) is 3.13. The summed E-state index contributed by atoms with van der Waals surface area (Å²) >= 11 is 6.26. The van der Waals surface area contributed by atoms with Crippen molar-refractivity contribution in [1.29, 1.82) is 0 Å². The van der Waals surface area contributed by atoms with Crippen LogP contribution in [0.25, 0.3) is 0 Å². The maximum absolute atomic E-state index is 13.2. The molecule has 0 aliphatic carbocycles. The summed E-state index contributed by atoms with van der Waals surface area (Å²) in [5.74, 6) is 0.339. The lowest BCUT2D eigenvalue weighted by atomic mass is 10.1. The third-order valence-corrected chi connectivity index (χ3v) is 7.31. The van der Waals surface area contributed by atoms with Crippen LogP contribution in [0.5, 0.6) is 11.5 Å². The molecule has 1 amide bonds. The van der Waals surface area contributed by atoms with Crippen molar-refractivity contribution in [2.45, 2.75) is 18.2 Å². The van der Waals surface area contributed by atoms with Gasteiger partial charge in [0.15, 0.2) is 11.5 Å². The minimum atomic E-state index is -3.75. The largest absolute Gasteiger partial charge is 0.493 e. The number of nitrogens with zero attached hydrogens (tertiary/aromatic N) is 1. The van der Waals surface area contributed by atoms with E-state index in [0.717, 1.165) is 0 Å². The number of carbonyl (C=O) groups is 1. The molecule has 0 atom stereocenters. The molecule has 2 aromatic rings. The number of hydrogen-bond acceptors (Lipinski definition) is 6. The van der Waals surface area contributed by atoms with Gasteiger partial charge in [-0.25, -0.2) is 8.42 Å². The van der Waals surface area contributed by atoms with Crippen LogP contribution in [0, 0.1) is 0 Å². The van der Waals surface area contributed by atoms with Crippen LogP contribution in [-0.4, -0.2) is 59.2 Å². The number of hydrogen-bond donors (Lipinski definition) is 1. The van der Waals surface area contributed by atoms with Crippen LogP contribution in [0.1, 0.15) is 22.8 Å². The molecule has 1 N–H and O–H groups in total. The van der Waals surface area contributed by atoms with Gasteiger partial charge in [0, 0.05) is 30.8 Å². The molecule has 168 valence electrons. The minimum absolute atomic E-state index is 0.128. The van der Waals surface area contributed by atoms with Crippen LogP contribution in [0.2, 0.25) is 5.02 Å². The third-order valence-electron chi connectivity index (χ3n) is 5.02. The fourth-order valence-electron chi connectivity index (χ4n) is 3.30. The number of benzene rings is 2. The van der Waals surface area contributed by atoms with E-state index in [1.165, 1.54) is 30.7 Å². The van der Waals surface area contributed by atoms with Gasteiger partial charge in [-0.1, -0.05) is 24.6 Å². The zero-order valence-corrected chi connectivity index (χ0v) is 19.2. The fraction of sp³-hybridized carbons (Fsp3) is 0.381. The zero-order valence-electron chi connectivity index (χ0n) is 17.6. The summed E-state index contributed by atoms with van der Waals surface area (Å²) in [6.07, 6.45) is 0.516. The molecular formula is C21H25ClN2O6S. The molecule has 10 heteroatoms. The summed E-state index contributed by atoms with van der Waals surface area (Å²) in [5, 5.41) is 2.97. The molecule has 0 aromatic heterocycles. The summed E-state index contributed by atoms with van der Waals surface area (Å²) in [7, 11) is -0.791. The molecule has 1 aliphatic heterocycles. The maximum Gasteiger partial charge on any atom is 0.255 e. The number of morpholine rings is 1. The van der Waals surface area contributed by atoms with Gasteiger partial charge in [0.25, 0.3) is 5.91 Å². The van der Waals surface area contributed by atoms with E-state index in [2.05, 4.69) is 5.32 Å². The summed E-state index contributed by atoms with van der Waals surface area (Å²) in [6, 6.07) is 7.75. The van der Waals surface area contributed by atoms with Crippen LogP contribution >= 0.6 is 11.6 Å². The molecule has 1 saturated heterocycles. The first-order valence-corrected chi connectivity index (χ1v) is 11.6. The topological polar surface area (TPSA) is 94.2 Å². The highest BCUT2D eigenvalue weighted by Crippen LogP contribution is 2.36. The van der Waals surface area contributed by atoms with Crippen molar-refractivity contribution in [3.63, 3.8) is 0 Å². The van der Waals surface area contributed by atoms with E-state index in [9.17, 15) is 13.2 Å². The van der Waals surface area contributed by atoms with Gasteiger partial charge >= 0.3 is 0 Å². The molecular weight excluding hydrogens is 444 g/mol. The number of amides is 1. The molecule has 1 aliphatic rings. The molecule has 1 fully saturated rings. The zero-order chi connectivity index (χ0) is 22.6. The SMILES string of the molecule is CCc1ccc(C(=O)Nc2cc(OC)c(OC)cc2Cl)cc1S(=O)(=O)N1CCOCC1. The van der Waals surface area contributed by atoms with E-state index in [1.54, 1.807) is 18.2 Å². The number of nitrogens with one attached hydrogen (secondary N) is 1. The average molecular weight is 469 g/mol. The predicted octanol–water partition coefficient (Wildman–Crippen LogP) is 3.19. The Labute approximate surface area is 187 Å². The first-order chi connectivity index (χ1) is 14.8. The molecule has 1 heterocycles. The van der Waals surface area contributed by atoms with Crippen molar-refractivity contribution >= 4 is 33.2 Å². The first-order valence-electron chi connectivity index (χ1n) is 9.75. The van der Waals surface area contributed by atoms with E-state index < -0.39 is 15.9 Å². The highest BCUT2D eigenvalue weighted by molar-refractivity contribution is 7.89. The van der Waals surface area contributed by atoms with Gasteiger partial charge in [-0.2, -0.15) is 4.31 Å². The molecule has 0 radical (unpaired) electrons. The normalized spacial score (nSPS) is 14.8. The number of halogens is 1. The van der Waals surface area contributed by atoms with Crippen molar-refractivity contribution < 1.29 is 27.4 Å². The quantitative estimate of drug-likeness (QED) is 0.670. The Kier molecular flexibility index (Phi) is 7.42. The lowest BCUT2D eigenvalue weighted by Crippen LogP contribution is -2.41. The Morgan fingerprint density at radius 3 is 2.39 bits per heavy atom. The number of anilines is 1. The minimum Gasteiger partial charge on any atom is -0.493 e. The standard InChI is InChI=1S/C21H25ClN2O6S/c1-4-14-5-6-15(11-20(14)31(26,27)24-7-9-30-10-8-24)21(25)23-17-13-19(29-3)18(28-2)12-16(17)22/h5-6,11-13H,4,7-10H2,1-3H3,(H,23,25). The number of ether oxygens (including phenoxy) is 3. The van der Waals surface area contributed by atoms with Crippen LogP contribution in [0.15, 0.2) is 35.2 Å². The second-order valence-corrected chi connectivity index (χ2v) is 9.15. The van der Waals surface area contributed by atoms with E-state index in [4.69, 9.17) is 25.8 Å². The lowest BCUT2D eigenvalue weighted by Gasteiger charge is -2.27. The highest BCUT2D eigenvalue weighted by atomic mass is 35.5. The molecule has 0 saturated carbocycles. The predicted molar refractivity (Wildman–Crippen MR) is 118 cm³/mol. The Hall–Kier alpha value is -2.33. The van der Waals surface area contributed by atoms with Crippen molar-refractivity contribution in [3.8, 4) is 11.5 Å². The molecule has 0 spiro atoms. The first kappa shape index (κ1) is 23.3. The maximum atomic E-state index is 13.2. The van der Waals surface area contributed by atoms with Crippen molar-refractivity contribution in [3.05, 3.63) is 46.5 Å². The molecule has 31 heavy (non-hydrogen) atoms. The molecule has 0 bridgehead atoms. The number of sulfonamides is 1. The smallest absolute Gasteiger partial charge is 0.255 e. The molecule has 0 unspecified atom stereocenters. The van der Waals surface area contributed by atoms with E-state index in [0.29, 0.717) is 42.4 Å². The number of methoxy groups -OCH3 is 2. The van der Waals surface area contributed by atoms with Gasteiger partial charge in [0.05, 0.1) is 43.0 Å². The summed E-state index contributed by atoms with van der Waals surface area (Å²) < 4.78 is 43.5. The van der Waals surface area contributed by atoms with Crippen molar-refractivity contribution in [2.75, 3.05) is 45.8 Å². The van der Waals surface area contributed by atoms with E-state index in [1.807, 2.05) is 6.92 Å². The Morgan fingerprint density at radius 2 is 1.77 bits per heavy atom. The highest BCUT2D eigenvalue weighted by Gasteiger charge is 2.29. The fourth-order valence-corrected chi connectivity index (χ4v) is 5.23. The average Bonchev–Trinajstić information content (AvgIpc) is 2.80. The molecule has 8 nitrogen and oxygen atoms in total. The number of aryl methyl sites for hydroxylation is 1. The van der Waals surface area contributed by atoms with Crippen LogP contribution < -0.4 is 14.8 Å². The number of rotatable bonds is 7. The van der Waals surface area contributed by atoms with Gasteiger partial charge in [-0.15, -0.1) is 0 Å². The third kappa shape index (κ3) is 4.95. The Bertz CT molecular complexity index is 1070.